The number of ether oxygens (including phenoxy) is 1. The summed E-state index contributed by atoms with van der Waals surface area (Å²) in [5.41, 5.74) is -0.278. The smallest absolute Gasteiger partial charge is 0.410 e. The predicted octanol–water partition coefficient (Wildman–Crippen LogP) is 3.34. The van der Waals surface area contributed by atoms with Crippen molar-refractivity contribution in [2.24, 2.45) is 0 Å². The molecule has 3 rings (SSSR count). The first kappa shape index (κ1) is 23.5. The molecule has 2 aromatic rings. The van der Waals surface area contributed by atoms with E-state index in [0.717, 1.165) is 0 Å². The van der Waals surface area contributed by atoms with Crippen molar-refractivity contribution < 1.29 is 28.6 Å². The second-order valence-corrected chi connectivity index (χ2v) is 9.31. The fourth-order valence-corrected chi connectivity index (χ4v) is 3.92. The highest BCUT2D eigenvalue weighted by Gasteiger charge is 2.39. The van der Waals surface area contributed by atoms with E-state index in [1.165, 1.54) is 11.0 Å². The topological polar surface area (TPSA) is 114 Å². The van der Waals surface area contributed by atoms with E-state index in [-0.39, 0.29) is 36.5 Å². The van der Waals surface area contributed by atoms with Gasteiger partial charge in [-0.25, -0.2) is 9.18 Å². The van der Waals surface area contributed by atoms with E-state index in [2.05, 4.69) is 10.4 Å². The lowest BCUT2D eigenvalue weighted by Gasteiger charge is -2.27. The van der Waals surface area contributed by atoms with E-state index >= 15 is 0 Å². The van der Waals surface area contributed by atoms with Gasteiger partial charge in [-0.05, 0) is 53.2 Å². The maximum atomic E-state index is 14.6. The molecule has 9 nitrogen and oxygen atoms in total. The number of likely N-dealkylation sites (tertiary alicyclic amines) is 1. The highest BCUT2D eigenvalue weighted by molar-refractivity contribution is 6.05. The van der Waals surface area contributed by atoms with Crippen LogP contribution in [0.5, 0.6) is 0 Å². The molecule has 1 aromatic carbocycles. The number of aliphatic carboxylic acids is 1. The lowest BCUT2D eigenvalue weighted by atomic mass is 10.1. The number of carboxylic acid groups (broad SMARTS) is 1. The van der Waals surface area contributed by atoms with Crippen LogP contribution < -0.4 is 5.32 Å². The molecule has 0 radical (unpaired) electrons. The van der Waals surface area contributed by atoms with Crippen LogP contribution in [-0.2, 0) is 9.53 Å². The molecule has 2 heterocycles. The van der Waals surface area contributed by atoms with Crippen molar-refractivity contribution in [3.05, 3.63) is 29.7 Å². The minimum absolute atomic E-state index is 0.0442. The molecule has 1 aliphatic heterocycles. The summed E-state index contributed by atoms with van der Waals surface area (Å²) in [4.78, 5) is 38.2. The average molecular weight is 448 g/mol. The zero-order valence-corrected chi connectivity index (χ0v) is 18.9. The van der Waals surface area contributed by atoms with Crippen molar-refractivity contribution in [2.75, 3.05) is 6.54 Å². The van der Waals surface area contributed by atoms with Crippen LogP contribution in [0.25, 0.3) is 10.9 Å². The fourth-order valence-electron chi connectivity index (χ4n) is 3.92. The first-order valence-corrected chi connectivity index (χ1v) is 10.6. The summed E-state index contributed by atoms with van der Waals surface area (Å²) in [5, 5.41) is 16.5. The molecule has 32 heavy (non-hydrogen) atoms. The van der Waals surface area contributed by atoms with Crippen molar-refractivity contribution in [2.45, 2.75) is 71.2 Å². The van der Waals surface area contributed by atoms with Gasteiger partial charge in [0.25, 0.3) is 5.91 Å². The molecule has 1 saturated heterocycles. The number of carbonyl (C=O) groups is 3. The molecule has 2 atom stereocenters. The van der Waals surface area contributed by atoms with Crippen LogP contribution in [0.2, 0.25) is 0 Å². The Morgan fingerprint density at radius 1 is 1.31 bits per heavy atom. The van der Waals surface area contributed by atoms with E-state index in [1.54, 1.807) is 37.6 Å². The number of aromatic nitrogens is 2. The van der Waals surface area contributed by atoms with Gasteiger partial charge < -0.3 is 20.1 Å². The molecule has 0 spiro atoms. The zero-order valence-electron chi connectivity index (χ0n) is 18.9. The summed E-state index contributed by atoms with van der Waals surface area (Å²) >= 11 is 0. The van der Waals surface area contributed by atoms with Crippen molar-refractivity contribution in [1.29, 1.82) is 0 Å². The minimum Gasteiger partial charge on any atom is -0.481 e. The summed E-state index contributed by atoms with van der Waals surface area (Å²) < 4.78 is 21.5. The number of nitrogens with zero attached hydrogens (tertiary/aromatic N) is 3. The molecule has 2 N–H and O–H groups in total. The average Bonchev–Trinajstić information content (AvgIpc) is 3.22. The van der Waals surface area contributed by atoms with Crippen molar-refractivity contribution >= 4 is 28.9 Å². The molecule has 10 heteroatoms. The highest BCUT2D eigenvalue weighted by atomic mass is 19.1. The molecule has 1 aliphatic rings. The van der Waals surface area contributed by atoms with Gasteiger partial charge in [0.15, 0.2) is 5.69 Å². The van der Waals surface area contributed by atoms with Crippen LogP contribution in [0.4, 0.5) is 9.18 Å². The highest BCUT2D eigenvalue weighted by Crippen LogP contribution is 2.27. The molecule has 1 fully saturated rings. The van der Waals surface area contributed by atoms with Gasteiger partial charge in [-0.15, -0.1) is 0 Å². The van der Waals surface area contributed by atoms with Crippen LogP contribution in [0.1, 0.15) is 64.0 Å². The number of hydrogen-bond donors (Lipinski definition) is 2. The number of benzene rings is 1. The lowest BCUT2D eigenvalue weighted by Crippen LogP contribution is -2.42. The second kappa shape index (κ2) is 8.76. The predicted molar refractivity (Wildman–Crippen MR) is 115 cm³/mol. The molecular formula is C22H29FN4O5. The van der Waals surface area contributed by atoms with E-state index in [0.29, 0.717) is 5.52 Å². The SMILES string of the molecule is CC(C)n1nc(C(=O)N[C@H]2C[C@@H](CC(=O)O)N(C(=O)OC(C)(C)C)C2)c2c(F)cccc21. The van der Waals surface area contributed by atoms with Gasteiger partial charge >= 0.3 is 12.1 Å². The number of hydrogen-bond acceptors (Lipinski definition) is 5. The number of rotatable bonds is 5. The van der Waals surface area contributed by atoms with E-state index in [1.807, 2.05) is 13.8 Å². The fraction of sp³-hybridized carbons (Fsp3) is 0.545. The van der Waals surface area contributed by atoms with E-state index in [4.69, 9.17) is 4.74 Å². The molecule has 0 aliphatic carbocycles. The monoisotopic (exact) mass is 448 g/mol. The van der Waals surface area contributed by atoms with Gasteiger partial charge in [0.1, 0.15) is 11.4 Å². The van der Waals surface area contributed by atoms with E-state index in [9.17, 15) is 23.9 Å². The van der Waals surface area contributed by atoms with Crippen LogP contribution in [0.15, 0.2) is 18.2 Å². The van der Waals surface area contributed by atoms with Gasteiger partial charge in [0, 0.05) is 24.7 Å². The number of halogens is 1. The van der Waals surface area contributed by atoms with Gasteiger partial charge in [-0.1, -0.05) is 6.07 Å². The third-order valence-electron chi connectivity index (χ3n) is 5.18. The molecule has 1 aromatic heterocycles. The molecular weight excluding hydrogens is 419 g/mol. The summed E-state index contributed by atoms with van der Waals surface area (Å²) in [6.07, 6.45) is -0.672. The maximum absolute atomic E-state index is 14.6. The van der Waals surface area contributed by atoms with Crippen LogP contribution >= 0.6 is 0 Å². The lowest BCUT2D eigenvalue weighted by molar-refractivity contribution is -0.138. The van der Waals surface area contributed by atoms with Crippen molar-refractivity contribution in [1.82, 2.24) is 20.0 Å². The third kappa shape index (κ3) is 5.00. The van der Waals surface area contributed by atoms with Crippen molar-refractivity contribution in [3.63, 3.8) is 0 Å². The number of amides is 2. The number of carbonyl (C=O) groups excluding carboxylic acids is 2. The maximum Gasteiger partial charge on any atom is 0.410 e. The third-order valence-corrected chi connectivity index (χ3v) is 5.18. The normalized spacial score (nSPS) is 18.9. The molecule has 0 bridgehead atoms. The molecule has 2 amide bonds. The van der Waals surface area contributed by atoms with Gasteiger partial charge in [0.05, 0.1) is 17.3 Å². The summed E-state index contributed by atoms with van der Waals surface area (Å²) in [7, 11) is 0. The summed E-state index contributed by atoms with van der Waals surface area (Å²) in [5.74, 6) is -2.19. The molecule has 0 saturated carbocycles. The van der Waals surface area contributed by atoms with Crippen LogP contribution in [-0.4, -0.2) is 62.0 Å². The second-order valence-electron chi connectivity index (χ2n) is 9.31. The Hall–Kier alpha value is -3.17. The largest absolute Gasteiger partial charge is 0.481 e. The van der Waals surface area contributed by atoms with Gasteiger partial charge in [-0.2, -0.15) is 5.10 Å². The summed E-state index contributed by atoms with van der Waals surface area (Å²) in [6.45, 7) is 9.01. The first-order chi connectivity index (χ1) is 14.9. The Balaban J connectivity index is 1.83. The Kier molecular flexibility index (Phi) is 6.43. The Morgan fingerprint density at radius 3 is 2.59 bits per heavy atom. The zero-order chi connectivity index (χ0) is 23.8. The number of fused-ring (bicyclic) bond motifs is 1. The Bertz CT molecular complexity index is 1040. The molecule has 0 unspecified atom stereocenters. The van der Waals surface area contributed by atoms with Gasteiger partial charge in [-0.3, -0.25) is 14.3 Å². The number of carboxylic acids is 1. The minimum atomic E-state index is -1.06. The first-order valence-electron chi connectivity index (χ1n) is 10.6. The standard InChI is InChI=1S/C22H29FN4O5/c1-12(2)27-16-8-6-7-15(23)18(16)19(25-27)20(30)24-13-9-14(10-17(28)29)26(11-13)21(31)32-22(3,4)5/h6-8,12-14H,9-11H2,1-5H3,(H,24,30)(H,28,29)/t13-,14-/m0/s1. The van der Waals surface area contributed by atoms with Crippen LogP contribution in [0, 0.1) is 5.82 Å². The van der Waals surface area contributed by atoms with E-state index < -0.39 is 41.5 Å². The number of nitrogens with one attached hydrogen (secondary N) is 1. The Labute approximate surface area is 185 Å². The Morgan fingerprint density at radius 2 is 2.00 bits per heavy atom. The summed E-state index contributed by atoms with van der Waals surface area (Å²) in [6, 6.07) is 3.29. The molecule has 174 valence electrons. The van der Waals surface area contributed by atoms with Gasteiger partial charge in [0.2, 0.25) is 0 Å². The van der Waals surface area contributed by atoms with Crippen LogP contribution in [0.3, 0.4) is 0 Å². The van der Waals surface area contributed by atoms with Crippen molar-refractivity contribution in [3.8, 4) is 0 Å². The quantitative estimate of drug-likeness (QED) is 0.725.